The number of rotatable bonds is 2. The van der Waals surface area contributed by atoms with Gasteiger partial charge in [0.05, 0.1) is 3.57 Å². The largest absolute Gasteiger partial charge is 0.478 e. The van der Waals surface area contributed by atoms with Gasteiger partial charge in [-0.3, -0.25) is 0 Å². The molecule has 0 atom stereocenters. The summed E-state index contributed by atoms with van der Waals surface area (Å²) in [5.41, 5.74) is 0.191. The minimum atomic E-state index is -0.972. The van der Waals surface area contributed by atoms with Crippen LogP contribution in [0.5, 0.6) is 5.75 Å². The second kappa shape index (κ2) is 4.26. The Morgan fingerprint density at radius 1 is 1.50 bits per heavy atom. The minimum absolute atomic E-state index is 0.191. The van der Waals surface area contributed by atoms with Crippen LogP contribution >= 0.6 is 45.6 Å². The summed E-state index contributed by atoms with van der Waals surface area (Å²) < 4.78 is 5.71. The van der Waals surface area contributed by atoms with Gasteiger partial charge < -0.3 is 8.17 Å². The lowest BCUT2D eigenvalue weighted by molar-refractivity contribution is 0.0695. The maximum absolute atomic E-state index is 10.6. The van der Waals surface area contributed by atoms with Crippen LogP contribution < -0.4 is 3.07 Å². The minimum Gasteiger partial charge on any atom is -0.478 e. The van der Waals surface area contributed by atoms with Crippen LogP contribution in [-0.4, -0.2) is 11.1 Å². The van der Waals surface area contributed by atoms with Crippen LogP contribution in [0.3, 0.4) is 0 Å². The lowest BCUT2D eigenvalue weighted by Crippen LogP contribution is -1.99. The maximum Gasteiger partial charge on any atom is 0.339 e. The van der Waals surface area contributed by atoms with Gasteiger partial charge in [-0.05, 0) is 34.7 Å². The van der Waals surface area contributed by atoms with Crippen molar-refractivity contribution in [3.63, 3.8) is 0 Å². The first-order valence-corrected chi connectivity index (χ1v) is 4.93. The van der Waals surface area contributed by atoms with E-state index in [4.69, 9.17) is 8.17 Å². The molecule has 64 valence electrons. The molecule has 0 spiro atoms. The van der Waals surface area contributed by atoms with Crippen LogP contribution in [0.4, 0.5) is 0 Å². The molecule has 0 saturated carbocycles. The van der Waals surface area contributed by atoms with E-state index >= 15 is 0 Å². The lowest BCUT2D eigenvalue weighted by atomic mass is 10.2. The zero-order valence-electron chi connectivity index (χ0n) is 5.75. The number of carboxylic acids is 1. The van der Waals surface area contributed by atoms with Gasteiger partial charge in [0.25, 0.3) is 0 Å². The SMILES string of the molecule is O=C(O)c1cccc(I)c1OI. The Hall–Kier alpha value is -0.0500. The van der Waals surface area contributed by atoms with Gasteiger partial charge in [0, 0.05) is 0 Å². The van der Waals surface area contributed by atoms with E-state index in [1.54, 1.807) is 35.1 Å². The number of carbonyl (C=O) groups is 1. The van der Waals surface area contributed by atoms with Gasteiger partial charge in [0.2, 0.25) is 0 Å². The predicted molar refractivity (Wildman–Crippen MR) is 60.8 cm³/mol. The number of carboxylic acid groups (broad SMARTS) is 1. The van der Waals surface area contributed by atoms with Gasteiger partial charge in [-0.1, -0.05) is 6.07 Å². The molecule has 0 fully saturated rings. The van der Waals surface area contributed by atoms with Crippen molar-refractivity contribution in [3.8, 4) is 5.75 Å². The summed E-state index contributed by atoms with van der Waals surface area (Å²) in [7, 11) is 0. The Morgan fingerprint density at radius 2 is 2.17 bits per heavy atom. The van der Waals surface area contributed by atoms with Crippen molar-refractivity contribution in [1.29, 1.82) is 0 Å². The Balaban J connectivity index is 3.27. The molecule has 0 aliphatic carbocycles. The summed E-state index contributed by atoms with van der Waals surface area (Å²) >= 11 is 3.70. The Morgan fingerprint density at radius 3 is 2.58 bits per heavy atom. The van der Waals surface area contributed by atoms with Gasteiger partial charge in [0.1, 0.15) is 5.56 Å². The molecule has 0 heterocycles. The number of hydrogen-bond acceptors (Lipinski definition) is 2. The summed E-state index contributed by atoms with van der Waals surface area (Å²) in [5, 5.41) is 8.73. The third-order valence-corrected chi connectivity index (χ3v) is 2.56. The van der Waals surface area contributed by atoms with Gasteiger partial charge in [-0.2, -0.15) is 0 Å². The van der Waals surface area contributed by atoms with Gasteiger partial charge in [-0.15, -0.1) is 0 Å². The molecule has 0 aliphatic heterocycles. The van der Waals surface area contributed by atoms with Gasteiger partial charge in [-0.25, -0.2) is 4.79 Å². The molecular weight excluding hydrogens is 386 g/mol. The summed E-state index contributed by atoms with van der Waals surface area (Å²) in [4.78, 5) is 10.6. The van der Waals surface area contributed by atoms with E-state index < -0.39 is 5.97 Å². The highest BCUT2D eigenvalue weighted by molar-refractivity contribution is 14.1. The van der Waals surface area contributed by atoms with Gasteiger partial charge in [0.15, 0.2) is 28.8 Å². The zero-order valence-corrected chi connectivity index (χ0v) is 10.1. The van der Waals surface area contributed by atoms with E-state index in [2.05, 4.69) is 0 Å². The second-order valence-corrected chi connectivity index (χ2v) is 3.60. The van der Waals surface area contributed by atoms with E-state index in [1.165, 1.54) is 6.07 Å². The fraction of sp³-hybridized carbons (Fsp3) is 0. The molecule has 0 saturated heterocycles. The number of halogens is 2. The van der Waals surface area contributed by atoms with Crippen LogP contribution in [-0.2, 0) is 0 Å². The van der Waals surface area contributed by atoms with Crippen molar-refractivity contribution in [3.05, 3.63) is 27.3 Å². The van der Waals surface area contributed by atoms with Crippen molar-refractivity contribution < 1.29 is 13.0 Å². The third-order valence-electron chi connectivity index (χ3n) is 1.27. The highest BCUT2D eigenvalue weighted by Crippen LogP contribution is 2.26. The van der Waals surface area contributed by atoms with Crippen LogP contribution in [0.25, 0.3) is 0 Å². The van der Waals surface area contributed by atoms with E-state index in [1.807, 2.05) is 22.6 Å². The lowest BCUT2D eigenvalue weighted by Gasteiger charge is -2.03. The smallest absolute Gasteiger partial charge is 0.339 e. The molecule has 0 unspecified atom stereocenters. The van der Waals surface area contributed by atoms with Crippen molar-refractivity contribution in [2.75, 3.05) is 0 Å². The molecule has 1 N–H and O–H groups in total. The molecule has 1 aromatic carbocycles. The van der Waals surface area contributed by atoms with E-state index in [-0.39, 0.29) is 5.56 Å². The van der Waals surface area contributed by atoms with Crippen molar-refractivity contribution >= 4 is 51.6 Å². The van der Waals surface area contributed by atoms with E-state index in [9.17, 15) is 4.79 Å². The highest BCUT2D eigenvalue weighted by Gasteiger charge is 2.12. The fourth-order valence-electron chi connectivity index (χ4n) is 0.756. The highest BCUT2D eigenvalue weighted by atomic mass is 127. The molecule has 5 heteroatoms. The molecular formula is C7H4I2O3. The molecule has 0 aliphatic rings. The number of para-hydroxylation sites is 1. The number of aromatic carboxylic acids is 1. The average Bonchev–Trinajstić information content (AvgIpc) is 2.03. The predicted octanol–water partition coefficient (Wildman–Crippen LogP) is 2.72. The van der Waals surface area contributed by atoms with Crippen LogP contribution in [0, 0.1) is 3.57 Å². The van der Waals surface area contributed by atoms with E-state index in [0.717, 1.165) is 3.57 Å². The molecule has 12 heavy (non-hydrogen) atoms. The summed E-state index contributed by atoms with van der Waals surface area (Å²) in [6, 6.07) is 4.99. The maximum atomic E-state index is 10.6. The average molecular weight is 390 g/mol. The first-order valence-electron chi connectivity index (χ1n) is 2.97. The topological polar surface area (TPSA) is 46.5 Å². The van der Waals surface area contributed by atoms with Crippen LogP contribution in [0.15, 0.2) is 18.2 Å². The second-order valence-electron chi connectivity index (χ2n) is 2.00. The molecule has 0 radical (unpaired) electrons. The van der Waals surface area contributed by atoms with Gasteiger partial charge >= 0.3 is 5.97 Å². The molecule has 0 bridgehead atoms. The van der Waals surface area contributed by atoms with Crippen molar-refractivity contribution in [2.45, 2.75) is 0 Å². The van der Waals surface area contributed by atoms with E-state index in [0.29, 0.717) is 5.75 Å². The summed E-state index contributed by atoms with van der Waals surface area (Å²) in [6.45, 7) is 0. The molecule has 0 aromatic heterocycles. The number of benzene rings is 1. The fourth-order valence-corrected chi connectivity index (χ4v) is 2.26. The monoisotopic (exact) mass is 390 g/mol. The van der Waals surface area contributed by atoms with Crippen LogP contribution in [0.1, 0.15) is 10.4 Å². The normalized spacial score (nSPS) is 9.50. The number of hydrogen-bond donors (Lipinski definition) is 1. The standard InChI is InChI=1S/C7H4I2O3/c8-5-3-1-2-4(7(10)11)6(5)12-9/h1-3H,(H,10,11). The first-order chi connectivity index (χ1) is 5.66. The molecule has 1 aromatic rings. The Labute approximate surface area is 96.9 Å². The molecule has 0 amide bonds. The summed E-state index contributed by atoms with van der Waals surface area (Å²) in [5.74, 6) is -0.564. The molecule has 1 rings (SSSR count). The van der Waals surface area contributed by atoms with Crippen molar-refractivity contribution in [1.82, 2.24) is 0 Å². The Kier molecular flexibility index (Phi) is 3.56. The first kappa shape index (κ1) is 10.0. The Bertz CT molecular complexity index is 312. The van der Waals surface area contributed by atoms with Crippen molar-refractivity contribution in [2.24, 2.45) is 0 Å². The summed E-state index contributed by atoms with van der Waals surface area (Å²) in [6.07, 6.45) is 0. The zero-order chi connectivity index (χ0) is 9.14. The molecule has 3 nitrogen and oxygen atoms in total. The third kappa shape index (κ3) is 2.00. The quantitative estimate of drug-likeness (QED) is 0.791. The van der Waals surface area contributed by atoms with Crippen LogP contribution in [0.2, 0.25) is 0 Å².